The molecule has 1 heterocycles. The van der Waals surface area contributed by atoms with Gasteiger partial charge in [-0.3, -0.25) is 5.43 Å². The number of nitrogens with zero attached hydrogens (tertiary/aromatic N) is 2. The molecular formula is C15H19N3OS. The van der Waals surface area contributed by atoms with Crippen LogP contribution in [0.2, 0.25) is 0 Å². The maximum atomic E-state index is 5.23. The zero-order valence-corrected chi connectivity index (χ0v) is 12.8. The monoisotopic (exact) mass is 289 g/mol. The van der Waals surface area contributed by atoms with Crippen molar-refractivity contribution in [2.24, 2.45) is 5.10 Å². The Hall–Kier alpha value is -1.88. The van der Waals surface area contributed by atoms with E-state index in [0.717, 1.165) is 40.7 Å². The molecule has 4 nitrogen and oxygen atoms in total. The van der Waals surface area contributed by atoms with Gasteiger partial charge in [0, 0.05) is 16.7 Å². The third kappa shape index (κ3) is 3.81. The van der Waals surface area contributed by atoms with E-state index in [0.29, 0.717) is 0 Å². The molecule has 0 aliphatic rings. The van der Waals surface area contributed by atoms with Gasteiger partial charge in [0.2, 0.25) is 5.13 Å². The predicted molar refractivity (Wildman–Crippen MR) is 85.7 cm³/mol. The zero-order valence-electron chi connectivity index (χ0n) is 12.0. The topological polar surface area (TPSA) is 46.5 Å². The molecule has 1 N–H and O–H groups in total. The summed E-state index contributed by atoms with van der Waals surface area (Å²) in [6.45, 7) is 4.16. The normalized spacial score (nSPS) is 11.4. The zero-order chi connectivity index (χ0) is 14.4. The second kappa shape index (κ2) is 7.05. The van der Waals surface area contributed by atoms with Crippen LogP contribution in [0.4, 0.5) is 5.13 Å². The van der Waals surface area contributed by atoms with E-state index in [1.807, 2.05) is 36.6 Å². The molecule has 5 heteroatoms. The molecule has 0 atom stereocenters. The number of hydrogen-bond donors (Lipinski definition) is 1. The van der Waals surface area contributed by atoms with Gasteiger partial charge >= 0.3 is 0 Å². The smallest absolute Gasteiger partial charge is 0.203 e. The van der Waals surface area contributed by atoms with Gasteiger partial charge < -0.3 is 4.74 Å². The molecule has 2 aromatic rings. The summed E-state index contributed by atoms with van der Waals surface area (Å²) in [6.07, 6.45) is 2.10. The van der Waals surface area contributed by atoms with E-state index in [1.165, 1.54) is 0 Å². The largest absolute Gasteiger partial charge is 0.497 e. The quantitative estimate of drug-likeness (QED) is 0.633. The molecule has 0 radical (unpaired) electrons. The van der Waals surface area contributed by atoms with Crippen molar-refractivity contribution >= 4 is 22.2 Å². The van der Waals surface area contributed by atoms with Crippen molar-refractivity contribution < 1.29 is 4.74 Å². The van der Waals surface area contributed by atoms with Crippen LogP contribution in [0, 0.1) is 0 Å². The lowest BCUT2D eigenvalue weighted by atomic mass is 10.2. The number of nitrogens with one attached hydrogen (secondary N) is 1. The van der Waals surface area contributed by atoms with Crippen LogP contribution in [0.5, 0.6) is 5.75 Å². The summed E-state index contributed by atoms with van der Waals surface area (Å²) in [4.78, 5) is 4.53. The van der Waals surface area contributed by atoms with Crippen LogP contribution >= 0.6 is 11.3 Å². The molecule has 0 amide bonds. The lowest BCUT2D eigenvalue weighted by Gasteiger charge is -2.01. The van der Waals surface area contributed by atoms with Crippen molar-refractivity contribution in [2.45, 2.75) is 26.7 Å². The lowest BCUT2D eigenvalue weighted by molar-refractivity contribution is 0.415. The maximum absolute atomic E-state index is 5.23. The van der Waals surface area contributed by atoms with Gasteiger partial charge in [-0.2, -0.15) is 5.10 Å². The molecule has 0 fully saturated rings. The fourth-order valence-electron chi connectivity index (χ4n) is 1.80. The number of thiazole rings is 1. The molecule has 0 unspecified atom stereocenters. The third-order valence-electron chi connectivity index (χ3n) is 2.82. The van der Waals surface area contributed by atoms with Gasteiger partial charge in [-0.25, -0.2) is 4.98 Å². The van der Waals surface area contributed by atoms with Gasteiger partial charge in [0.25, 0.3) is 0 Å². The van der Waals surface area contributed by atoms with Gasteiger partial charge in [0.05, 0.1) is 12.8 Å². The Kier molecular flexibility index (Phi) is 5.12. The molecule has 1 aromatic carbocycles. The van der Waals surface area contributed by atoms with Gasteiger partial charge in [-0.1, -0.05) is 25.5 Å². The molecule has 0 saturated carbocycles. The summed E-state index contributed by atoms with van der Waals surface area (Å²) >= 11 is 1.55. The van der Waals surface area contributed by atoms with Crippen LogP contribution in [0.15, 0.2) is 34.7 Å². The van der Waals surface area contributed by atoms with E-state index in [2.05, 4.69) is 22.4 Å². The summed E-state index contributed by atoms with van der Waals surface area (Å²) < 4.78 is 5.23. The molecule has 20 heavy (non-hydrogen) atoms. The highest BCUT2D eigenvalue weighted by Crippen LogP contribution is 2.27. The van der Waals surface area contributed by atoms with Crippen molar-refractivity contribution in [3.8, 4) is 17.0 Å². The van der Waals surface area contributed by atoms with Crippen LogP contribution in [0.3, 0.4) is 0 Å². The third-order valence-corrected chi connectivity index (χ3v) is 3.57. The summed E-state index contributed by atoms with van der Waals surface area (Å²) in [7, 11) is 1.67. The minimum Gasteiger partial charge on any atom is -0.497 e. The van der Waals surface area contributed by atoms with Crippen LogP contribution in [-0.2, 0) is 0 Å². The van der Waals surface area contributed by atoms with E-state index in [9.17, 15) is 0 Å². The summed E-state index contributed by atoms with van der Waals surface area (Å²) in [6, 6.07) is 7.88. The van der Waals surface area contributed by atoms with E-state index in [-0.39, 0.29) is 0 Å². The molecule has 0 bridgehead atoms. The molecular weight excluding hydrogens is 270 g/mol. The molecule has 0 aliphatic carbocycles. The number of anilines is 1. The minimum absolute atomic E-state index is 0.804. The van der Waals surface area contributed by atoms with Crippen molar-refractivity contribution in [3.63, 3.8) is 0 Å². The van der Waals surface area contributed by atoms with E-state index < -0.39 is 0 Å². The van der Waals surface area contributed by atoms with Crippen molar-refractivity contribution in [1.82, 2.24) is 4.98 Å². The minimum atomic E-state index is 0.804. The SMILES string of the molecule is CCC/C(C)=N/Nc1nc(-c2cccc(OC)c2)cs1. The first kappa shape index (κ1) is 14.5. The highest BCUT2D eigenvalue weighted by Gasteiger charge is 2.05. The first-order valence-electron chi connectivity index (χ1n) is 6.62. The highest BCUT2D eigenvalue weighted by molar-refractivity contribution is 7.14. The number of hydrazone groups is 1. The number of ether oxygens (including phenoxy) is 1. The second-order valence-electron chi connectivity index (χ2n) is 4.48. The number of hydrogen-bond acceptors (Lipinski definition) is 5. The maximum Gasteiger partial charge on any atom is 0.203 e. The summed E-state index contributed by atoms with van der Waals surface area (Å²) in [5.41, 5.74) is 6.08. The Labute approximate surface area is 123 Å². The summed E-state index contributed by atoms with van der Waals surface area (Å²) in [5, 5.41) is 7.13. The summed E-state index contributed by atoms with van der Waals surface area (Å²) in [5.74, 6) is 0.835. The van der Waals surface area contributed by atoms with E-state index in [4.69, 9.17) is 4.74 Å². The average Bonchev–Trinajstić information content (AvgIpc) is 2.94. The first-order valence-corrected chi connectivity index (χ1v) is 7.50. The van der Waals surface area contributed by atoms with E-state index in [1.54, 1.807) is 18.4 Å². The van der Waals surface area contributed by atoms with Gasteiger partial charge in [0.15, 0.2) is 0 Å². The predicted octanol–water partition coefficient (Wildman–Crippen LogP) is 4.41. The molecule has 0 aliphatic heterocycles. The molecule has 2 rings (SSSR count). The number of aromatic nitrogens is 1. The van der Waals surface area contributed by atoms with Crippen molar-refractivity contribution in [3.05, 3.63) is 29.6 Å². The number of rotatable bonds is 6. The molecule has 106 valence electrons. The highest BCUT2D eigenvalue weighted by atomic mass is 32.1. The lowest BCUT2D eigenvalue weighted by Crippen LogP contribution is -1.96. The first-order chi connectivity index (χ1) is 9.72. The Bertz CT molecular complexity index is 592. The average molecular weight is 289 g/mol. The number of benzene rings is 1. The van der Waals surface area contributed by atoms with E-state index >= 15 is 0 Å². The standard InChI is InChI=1S/C15H19N3OS/c1-4-6-11(2)17-18-15-16-14(10-20-15)12-7-5-8-13(9-12)19-3/h5,7-10H,4,6H2,1-3H3,(H,16,18)/b17-11+. The fraction of sp³-hybridized carbons (Fsp3) is 0.333. The van der Waals surface area contributed by atoms with Crippen molar-refractivity contribution in [2.75, 3.05) is 12.5 Å². The Morgan fingerprint density at radius 3 is 3.05 bits per heavy atom. The van der Waals surface area contributed by atoms with Crippen molar-refractivity contribution in [1.29, 1.82) is 0 Å². The van der Waals surface area contributed by atoms with Crippen LogP contribution in [0.1, 0.15) is 26.7 Å². The van der Waals surface area contributed by atoms with Gasteiger partial charge in [-0.05, 0) is 25.5 Å². The van der Waals surface area contributed by atoms with Crippen LogP contribution in [0.25, 0.3) is 11.3 Å². The molecule has 0 spiro atoms. The second-order valence-corrected chi connectivity index (χ2v) is 5.34. The van der Waals surface area contributed by atoms with Crippen LogP contribution < -0.4 is 10.2 Å². The van der Waals surface area contributed by atoms with Gasteiger partial charge in [0.1, 0.15) is 5.75 Å². The Morgan fingerprint density at radius 1 is 1.45 bits per heavy atom. The Morgan fingerprint density at radius 2 is 2.30 bits per heavy atom. The molecule has 0 saturated heterocycles. The number of methoxy groups -OCH3 is 1. The van der Waals surface area contributed by atoms with Crippen LogP contribution in [-0.4, -0.2) is 17.8 Å². The Balaban J connectivity index is 2.10. The fourth-order valence-corrected chi connectivity index (χ4v) is 2.46. The molecule has 1 aromatic heterocycles. The van der Waals surface area contributed by atoms with Gasteiger partial charge in [-0.15, -0.1) is 11.3 Å².